The van der Waals surface area contributed by atoms with Crippen molar-refractivity contribution in [3.8, 4) is 17.6 Å². The van der Waals surface area contributed by atoms with Crippen molar-refractivity contribution in [2.24, 2.45) is 0 Å². The number of benzene rings is 3. The molecule has 0 spiro atoms. The van der Waals surface area contributed by atoms with E-state index >= 15 is 0 Å². The van der Waals surface area contributed by atoms with E-state index < -0.39 is 0 Å². The van der Waals surface area contributed by atoms with E-state index in [1.54, 1.807) is 7.11 Å². The third-order valence-electron chi connectivity index (χ3n) is 7.66. The van der Waals surface area contributed by atoms with Gasteiger partial charge in [0.15, 0.2) is 0 Å². The summed E-state index contributed by atoms with van der Waals surface area (Å²) in [5, 5.41) is 10.2. The standard InChI is InChI=1S/C32H34N2O3/c1-37-28-17-13-25(14-18-28)10-9-24-11-15-27(16-12-24)32-29-22-33(19-5-6-20-34(29)30(32)23-35)31(36)21-26-7-3-2-4-8-26/h2-4,7-8,11-18,29-30,32,35H,5-6,19-23H2,1H3/t29-,30-,32-/m1/s1. The number of hydrogen-bond acceptors (Lipinski definition) is 4. The van der Waals surface area contributed by atoms with Crippen LogP contribution in [0.2, 0.25) is 0 Å². The molecular formula is C32H34N2O3. The lowest BCUT2D eigenvalue weighted by atomic mass is 9.74. The fraction of sp³-hybridized carbons (Fsp3) is 0.344. The minimum absolute atomic E-state index is 0.0883. The van der Waals surface area contributed by atoms with Crippen LogP contribution in [0.1, 0.15) is 41.0 Å². The van der Waals surface area contributed by atoms with Crippen molar-refractivity contribution in [1.29, 1.82) is 0 Å². The summed E-state index contributed by atoms with van der Waals surface area (Å²) < 4.78 is 5.21. The lowest BCUT2D eigenvalue weighted by molar-refractivity contribution is -0.135. The number of carbonyl (C=O) groups excluding carboxylic acids is 1. The fourth-order valence-corrected chi connectivity index (χ4v) is 5.66. The highest BCUT2D eigenvalue weighted by Gasteiger charge is 2.49. The highest BCUT2D eigenvalue weighted by Crippen LogP contribution is 2.42. The van der Waals surface area contributed by atoms with Gasteiger partial charge < -0.3 is 14.7 Å². The molecule has 5 nitrogen and oxygen atoms in total. The zero-order valence-corrected chi connectivity index (χ0v) is 21.3. The Labute approximate surface area is 219 Å². The Bertz CT molecular complexity index is 1250. The topological polar surface area (TPSA) is 53.0 Å². The summed E-state index contributed by atoms with van der Waals surface area (Å²) in [7, 11) is 1.65. The molecule has 1 N–H and O–H groups in total. The quantitative estimate of drug-likeness (QED) is 0.543. The smallest absolute Gasteiger partial charge is 0.227 e. The average molecular weight is 495 g/mol. The zero-order chi connectivity index (χ0) is 25.6. The molecule has 190 valence electrons. The van der Waals surface area contributed by atoms with Gasteiger partial charge in [0.25, 0.3) is 0 Å². The van der Waals surface area contributed by atoms with Crippen LogP contribution in [0.15, 0.2) is 78.9 Å². The van der Waals surface area contributed by atoms with Crippen LogP contribution in [0.25, 0.3) is 0 Å². The van der Waals surface area contributed by atoms with E-state index in [9.17, 15) is 9.90 Å². The second kappa shape index (κ2) is 11.6. The van der Waals surface area contributed by atoms with Gasteiger partial charge in [-0.1, -0.05) is 54.3 Å². The monoisotopic (exact) mass is 494 g/mol. The van der Waals surface area contributed by atoms with Gasteiger partial charge in [-0.3, -0.25) is 9.69 Å². The molecule has 0 radical (unpaired) electrons. The number of carbonyl (C=O) groups is 1. The number of aliphatic hydroxyl groups excluding tert-OH is 1. The molecule has 2 saturated heterocycles. The molecule has 2 heterocycles. The van der Waals surface area contributed by atoms with Crippen molar-refractivity contribution >= 4 is 5.91 Å². The molecule has 0 aromatic heterocycles. The maximum Gasteiger partial charge on any atom is 0.227 e. The minimum Gasteiger partial charge on any atom is -0.497 e. The largest absolute Gasteiger partial charge is 0.497 e. The summed E-state index contributed by atoms with van der Waals surface area (Å²) in [6.07, 6.45) is 2.46. The van der Waals surface area contributed by atoms with Gasteiger partial charge in [0.2, 0.25) is 5.91 Å². The van der Waals surface area contributed by atoms with Gasteiger partial charge in [-0.15, -0.1) is 0 Å². The van der Waals surface area contributed by atoms with E-state index in [2.05, 4.69) is 41.0 Å². The second-order valence-electron chi connectivity index (χ2n) is 9.89. The zero-order valence-electron chi connectivity index (χ0n) is 21.3. The van der Waals surface area contributed by atoms with E-state index in [0.717, 1.165) is 48.4 Å². The molecule has 3 aromatic rings. The van der Waals surface area contributed by atoms with E-state index in [0.29, 0.717) is 13.0 Å². The summed E-state index contributed by atoms with van der Waals surface area (Å²) in [6.45, 7) is 2.59. The van der Waals surface area contributed by atoms with Crippen LogP contribution >= 0.6 is 0 Å². The molecule has 0 unspecified atom stereocenters. The third-order valence-corrected chi connectivity index (χ3v) is 7.66. The molecule has 0 saturated carbocycles. The van der Waals surface area contributed by atoms with Crippen molar-refractivity contribution in [3.05, 3.63) is 101 Å². The van der Waals surface area contributed by atoms with Gasteiger partial charge in [-0.2, -0.15) is 0 Å². The number of methoxy groups -OCH3 is 1. The first-order chi connectivity index (χ1) is 18.2. The van der Waals surface area contributed by atoms with Crippen molar-refractivity contribution in [2.45, 2.75) is 37.3 Å². The van der Waals surface area contributed by atoms with Crippen molar-refractivity contribution in [2.75, 3.05) is 33.4 Å². The number of nitrogens with zero attached hydrogens (tertiary/aromatic N) is 2. The Morgan fingerprint density at radius 2 is 1.57 bits per heavy atom. The van der Waals surface area contributed by atoms with Gasteiger partial charge in [-0.05, 0) is 66.9 Å². The first-order valence-corrected chi connectivity index (χ1v) is 13.1. The second-order valence-corrected chi connectivity index (χ2v) is 9.89. The van der Waals surface area contributed by atoms with E-state index in [-0.39, 0.29) is 30.5 Å². The number of aliphatic hydroxyl groups is 1. The Morgan fingerprint density at radius 1 is 0.919 bits per heavy atom. The molecule has 5 rings (SSSR count). The molecule has 2 aliphatic rings. The predicted octanol–water partition coefficient (Wildman–Crippen LogP) is 4.09. The van der Waals surface area contributed by atoms with Crippen LogP contribution in [-0.2, 0) is 11.2 Å². The predicted molar refractivity (Wildman–Crippen MR) is 145 cm³/mol. The van der Waals surface area contributed by atoms with E-state index in [1.165, 1.54) is 5.56 Å². The molecule has 3 aromatic carbocycles. The number of rotatable bonds is 5. The van der Waals surface area contributed by atoms with Gasteiger partial charge in [0.1, 0.15) is 5.75 Å². The molecule has 2 aliphatic heterocycles. The number of ether oxygens (including phenoxy) is 1. The highest BCUT2D eigenvalue weighted by atomic mass is 16.5. The van der Waals surface area contributed by atoms with Crippen molar-refractivity contribution in [1.82, 2.24) is 9.80 Å². The Balaban J connectivity index is 1.30. The van der Waals surface area contributed by atoms with Gasteiger partial charge >= 0.3 is 0 Å². The van der Waals surface area contributed by atoms with Crippen LogP contribution in [0.3, 0.4) is 0 Å². The summed E-state index contributed by atoms with van der Waals surface area (Å²) in [5.74, 6) is 7.65. The lowest BCUT2D eigenvalue weighted by Gasteiger charge is -2.57. The summed E-state index contributed by atoms with van der Waals surface area (Å²) in [6, 6.07) is 26.4. The number of hydrogen-bond donors (Lipinski definition) is 1. The number of fused-ring (bicyclic) bond motifs is 1. The fourth-order valence-electron chi connectivity index (χ4n) is 5.66. The molecule has 1 amide bonds. The third kappa shape index (κ3) is 5.72. The maximum atomic E-state index is 13.2. The van der Waals surface area contributed by atoms with Crippen LogP contribution in [0.4, 0.5) is 0 Å². The Hall–Kier alpha value is -3.59. The Kier molecular flexibility index (Phi) is 7.89. The first-order valence-electron chi connectivity index (χ1n) is 13.1. The van der Waals surface area contributed by atoms with Crippen molar-refractivity contribution in [3.63, 3.8) is 0 Å². The van der Waals surface area contributed by atoms with E-state index in [4.69, 9.17) is 4.74 Å². The van der Waals surface area contributed by atoms with Crippen LogP contribution in [-0.4, -0.2) is 66.2 Å². The molecule has 0 bridgehead atoms. The van der Waals surface area contributed by atoms with Gasteiger partial charge in [-0.25, -0.2) is 0 Å². The minimum atomic E-state index is 0.0883. The molecule has 3 atom stereocenters. The normalized spacial score (nSPS) is 21.5. The lowest BCUT2D eigenvalue weighted by Crippen LogP contribution is -2.68. The van der Waals surface area contributed by atoms with Gasteiger partial charge in [0, 0.05) is 42.2 Å². The first kappa shape index (κ1) is 25.1. The van der Waals surface area contributed by atoms with Gasteiger partial charge in [0.05, 0.1) is 20.1 Å². The molecule has 0 aliphatic carbocycles. The molecule has 2 fully saturated rings. The van der Waals surface area contributed by atoms with E-state index in [1.807, 2.05) is 59.5 Å². The maximum absolute atomic E-state index is 13.2. The molecule has 5 heteroatoms. The SMILES string of the molecule is COc1ccc(C#Cc2ccc([C@H]3[C@@H](CO)N4CCCCN(C(=O)Cc5ccccc5)C[C@H]34)cc2)cc1. The van der Waals surface area contributed by atoms with Crippen LogP contribution in [0, 0.1) is 11.8 Å². The molecular weight excluding hydrogens is 460 g/mol. The summed E-state index contributed by atoms with van der Waals surface area (Å²) in [4.78, 5) is 17.7. The highest BCUT2D eigenvalue weighted by molar-refractivity contribution is 5.78. The van der Waals surface area contributed by atoms with Crippen LogP contribution in [0.5, 0.6) is 5.75 Å². The van der Waals surface area contributed by atoms with Crippen molar-refractivity contribution < 1.29 is 14.6 Å². The number of amides is 1. The summed E-state index contributed by atoms with van der Waals surface area (Å²) >= 11 is 0. The average Bonchev–Trinajstić information content (AvgIpc) is 2.92. The Morgan fingerprint density at radius 3 is 2.22 bits per heavy atom. The molecule has 37 heavy (non-hydrogen) atoms. The van der Waals surface area contributed by atoms with Crippen LogP contribution < -0.4 is 4.74 Å². The summed E-state index contributed by atoms with van der Waals surface area (Å²) in [5.41, 5.74) is 4.14.